The van der Waals surface area contributed by atoms with Gasteiger partial charge >= 0.3 is 6.03 Å². The number of hydrogen-bond acceptors (Lipinski definition) is 5. The van der Waals surface area contributed by atoms with E-state index in [0.29, 0.717) is 24.6 Å². The molecule has 2 amide bonds. The molecule has 0 aromatic heterocycles. The molecule has 1 saturated heterocycles. The number of urea groups is 1. The molecular formula is C18H21N3O5S. The zero-order valence-electron chi connectivity index (χ0n) is 14.8. The molecule has 8 nitrogen and oxygen atoms in total. The Morgan fingerprint density at radius 2 is 1.70 bits per heavy atom. The van der Waals surface area contributed by atoms with Crippen molar-refractivity contribution in [1.29, 1.82) is 0 Å². The largest absolute Gasteiger partial charge is 0.495 e. The number of anilines is 2. The van der Waals surface area contributed by atoms with Crippen LogP contribution in [0.5, 0.6) is 5.75 Å². The molecule has 0 atom stereocenters. The number of amides is 2. The number of rotatable bonds is 5. The van der Waals surface area contributed by atoms with E-state index in [0.717, 1.165) is 0 Å². The normalized spacial score (nSPS) is 15.1. The van der Waals surface area contributed by atoms with Gasteiger partial charge in [-0.15, -0.1) is 0 Å². The van der Waals surface area contributed by atoms with Crippen LogP contribution in [-0.4, -0.2) is 52.2 Å². The van der Waals surface area contributed by atoms with Crippen LogP contribution in [0.1, 0.15) is 0 Å². The van der Waals surface area contributed by atoms with E-state index >= 15 is 0 Å². The molecule has 0 aliphatic carbocycles. The van der Waals surface area contributed by atoms with Crippen molar-refractivity contribution in [3.8, 4) is 5.75 Å². The van der Waals surface area contributed by atoms with Crippen LogP contribution in [0, 0.1) is 0 Å². The minimum absolute atomic E-state index is 0.00408. The number of sulfonamides is 1. The van der Waals surface area contributed by atoms with Crippen molar-refractivity contribution in [1.82, 2.24) is 4.31 Å². The highest BCUT2D eigenvalue weighted by atomic mass is 32.2. The Morgan fingerprint density at radius 3 is 2.37 bits per heavy atom. The number of methoxy groups -OCH3 is 1. The summed E-state index contributed by atoms with van der Waals surface area (Å²) in [6.45, 7) is 1.24. The van der Waals surface area contributed by atoms with E-state index in [1.165, 1.54) is 23.5 Å². The van der Waals surface area contributed by atoms with Crippen LogP contribution in [0.2, 0.25) is 0 Å². The topological polar surface area (TPSA) is 97.0 Å². The number of hydrogen-bond donors (Lipinski definition) is 2. The molecule has 0 unspecified atom stereocenters. The lowest BCUT2D eigenvalue weighted by Crippen LogP contribution is -2.40. The number of morpholine rings is 1. The highest BCUT2D eigenvalue weighted by molar-refractivity contribution is 7.89. The van der Waals surface area contributed by atoms with Crippen LogP contribution in [0.15, 0.2) is 53.4 Å². The number of nitrogens with one attached hydrogen (secondary N) is 2. The molecule has 27 heavy (non-hydrogen) atoms. The first-order valence-corrected chi connectivity index (χ1v) is 9.84. The molecule has 2 aromatic rings. The van der Waals surface area contributed by atoms with Crippen molar-refractivity contribution in [3.05, 3.63) is 48.5 Å². The number of benzene rings is 2. The Balaban J connectivity index is 1.81. The van der Waals surface area contributed by atoms with Gasteiger partial charge in [0.05, 0.1) is 20.3 Å². The molecule has 144 valence electrons. The number of carbonyl (C=O) groups excluding carboxylic acids is 1. The summed E-state index contributed by atoms with van der Waals surface area (Å²) in [4.78, 5) is 12.2. The summed E-state index contributed by atoms with van der Waals surface area (Å²) in [5.74, 6) is 0.218. The Hall–Kier alpha value is -2.62. The molecule has 2 N–H and O–H groups in total. The van der Waals surface area contributed by atoms with E-state index in [4.69, 9.17) is 9.47 Å². The van der Waals surface area contributed by atoms with E-state index in [1.807, 2.05) is 6.07 Å². The molecule has 0 radical (unpaired) electrons. The van der Waals surface area contributed by atoms with Crippen LogP contribution >= 0.6 is 0 Å². The summed E-state index contributed by atoms with van der Waals surface area (Å²) in [5, 5.41) is 5.33. The first-order valence-electron chi connectivity index (χ1n) is 8.40. The van der Waals surface area contributed by atoms with Crippen LogP contribution < -0.4 is 15.4 Å². The van der Waals surface area contributed by atoms with E-state index in [2.05, 4.69) is 10.6 Å². The molecule has 3 rings (SSSR count). The van der Waals surface area contributed by atoms with Crippen molar-refractivity contribution in [2.75, 3.05) is 44.0 Å². The molecule has 0 bridgehead atoms. The van der Waals surface area contributed by atoms with Gasteiger partial charge in [-0.05, 0) is 30.3 Å². The summed E-state index contributed by atoms with van der Waals surface area (Å²) in [6, 6.07) is 13.0. The average Bonchev–Trinajstić information content (AvgIpc) is 2.69. The van der Waals surface area contributed by atoms with Gasteiger partial charge in [0.25, 0.3) is 0 Å². The van der Waals surface area contributed by atoms with Crippen LogP contribution in [0.25, 0.3) is 0 Å². The Bertz CT molecular complexity index is 896. The Morgan fingerprint density at radius 1 is 1.04 bits per heavy atom. The van der Waals surface area contributed by atoms with Crippen LogP contribution in [0.4, 0.5) is 16.2 Å². The zero-order valence-corrected chi connectivity index (χ0v) is 15.7. The second-order valence-electron chi connectivity index (χ2n) is 5.83. The van der Waals surface area contributed by atoms with Crippen molar-refractivity contribution in [2.45, 2.75) is 4.90 Å². The molecule has 2 aromatic carbocycles. The van der Waals surface area contributed by atoms with Gasteiger partial charge in [0.1, 0.15) is 10.6 Å². The maximum Gasteiger partial charge on any atom is 0.323 e. The van der Waals surface area contributed by atoms with Gasteiger partial charge in [0, 0.05) is 24.5 Å². The summed E-state index contributed by atoms with van der Waals surface area (Å²) < 4.78 is 37.7. The minimum atomic E-state index is -3.77. The highest BCUT2D eigenvalue weighted by Crippen LogP contribution is 2.30. The van der Waals surface area contributed by atoms with Crippen molar-refractivity contribution >= 4 is 27.4 Å². The quantitative estimate of drug-likeness (QED) is 0.816. The number of nitrogens with zero attached hydrogens (tertiary/aromatic N) is 1. The monoisotopic (exact) mass is 391 g/mol. The smallest absolute Gasteiger partial charge is 0.323 e. The highest BCUT2D eigenvalue weighted by Gasteiger charge is 2.29. The van der Waals surface area contributed by atoms with Gasteiger partial charge in [-0.1, -0.05) is 18.2 Å². The fourth-order valence-corrected chi connectivity index (χ4v) is 4.29. The number of para-hydroxylation sites is 1. The first kappa shape index (κ1) is 19.2. The number of ether oxygens (including phenoxy) is 2. The lowest BCUT2D eigenvalue weighted by molar-refractivity contribution is 0.0729. The standard InChI is InChI=1S/C18H21N3O5S/c1-25-16-8-7-15(20-18(22)19-14-5-3-2-4-6-14)13-17(16)27(23,24)21-9-11-26-12-10-21/h2-8,13H,9-12H2,1H3,(H2,19,20,22). The fraction of sp³-hybridized carbons (Fsp3) is 0.278. The van der Waals surface area contributed by atoms with E-state index in [-0.39, 0.29) is 23.7 Å². The van der Waals surface area contributed by atoms with Gasteiger partial charge in [-0.2, -0.15) is 4.31 Å². The third-order valence-corrected chi connectivity index (χ3v) is 5.96. The molecular weight excluding hydrogens is 370 g/mol. The molecule has 1 aliphatic rings. The average molecular weight is 391 g/mol. The van der Waals surface area contributed by atoms with E-state index in [1.54, 1.807) is 30.3 Å². The Labute approximate surface area is 158 Å². The van der Waals surface area contributed by atoms with Gasteiger partial charge in [0.2, 0.25) is 10.0 Å². The molecule has 1 aliphatic heterocycles. The van der Waals surface area contributed by atoms with E-state index < -0.39 is 16.1 Å². The molecule has 1 fully saturated rings. The van der Waals surface area contributed by atoms with Crippen molar-refractivity contribution < 1.29 is 22.7 Å². The fourth-order valence-electron chi connectivity index (χ4n) is 2.70. The minimum Gasteiger partial charge on any atom is -0.495 e. The summed E-state index contributed by atoms with van der Waals surface area (Å²) in [6.07, 6.45) is 0. The Kier molecular flexibility index (Phi) is 5.94. The summed E-state index contributed by atoms with van der Waals surface area (Å²) in [7, 11) is -2.36. The maximum absolute atomic E-state index is 13.0. The third-order valence-electron chi connectivity index (χ3n) is 4.04. The lowest BCUT2D eigenvalue weighted by atomic mass is 10.3. The van der Waals surface area contributed by atoms with Gasteiger partial charge in [-0.25, -0.2) is 13.2 Å². The molecule has 9 heteroatoms. The van der Waals surface area contributed by atoms with Crippen molar-refractivity contribution in [3.63, 3.8) is 0 Å². The van der Waals surface area contributed by atoms with Gasteiger partial charge in [0.15, 0.2) is 0 Å². The second kappa shape index (κ2) is 8.38. The predicted molar refractivity (Wildman–Crippen MR) is 102 cm³/mol. The van der Waals surface area contributed by atoms with Gasteiger partial charge in [-0.3, -0.25) is 0 Å². The predicted octanol–water partition coefficient (Wildman–Crippen LogP) is 2.36. The molecule has 0 spiro atoms. The second-order valence-corrected chi connectivity index (χ2v) is 7.73. The third kappa shape index (κ3) is 4.57. The summed E-state index contributed by atoms with van der Waals surface area (Å²) in [5.41, 5.74) is 0.973. The maximum atomic E-state index is 13.0. The first-order chi connectivity index (χ1) is 13.0. The number of carbonyl (C=O) groups is 1. The lowest BCUT2D eigenvalue weighted by Gasteiger charge is -2.26. The SMILES string of the molecule is COc1ccc(NC(=O)Nc2ccccc2)cc1S(=O)(=O)N1CCOCC1. The van der Waals surface area contributed by atoms with Crippen LogP contribution in [-0.2, 0) is 14.8 Å². The molecule has 1 heterocycles. The van der Waals surface area contributed by atoms with E-state index in [9.17, 15) is 13.2 Å². The van der Waals surface area contributed by atoms with Gasteiger partial charge < -0.3 is 20.1 Å². The van der Waals surface area contributed by atoms with Crippen molar-refractivity contribution in [2.24, 2.45) is 0 Å². The molecule has 0 saturated carbocycles. The zero-order chi connectivity index (χ0) is 19.3. The van der Waals surface area contributed by atoms with Crippen LogP contribution in [0.3, 0.4) is 0 Å². The summed E-state index contributed by atoms with van der Waals surface area (Å²) >= 11 is 0.